The first-order valence-corrected chi connectivity index (χ1v) is 24.1. The molecule has 14 heteroatoms. The van der Waals surface area contributed by atoms with Gasteiger partial charge in [0.2, 0.25) is 5.79 Å². The first-order valence-electron chi connectivity index (χ1n) is 24.1. The standard InChI is InChI=1S/C52H77NO13/c1-10-38-24-31(2)23-32(3)25-45(62-8)48-46(63-9)27-34(5)52(60,66-48)49(57)50(58)53-21-12-11-18-40(53)51(59)65-47(35(6)41(55)30-42(38)56)33(4)26-37-19-20-43(44(29-37)61-7)64-22-14-16-36-15-13-17-39(54)28-36/h13-17,24,26,28,32,34-35,37-38,40-41,43-48,54-55,60H,10-12,18-23,25,27,29-30H2,1-9H3. The molecule has 3 N–H and O–H groups in total. The van der Waals surface area contributed by atoms with E-state index in [0.717, 1.165) is 17.6 Å². The number of allylic oxidation sites excluding steroid dienone is 3. The first-order chi connectivity index (χ1) is 31.4. The van der Waals surface area contributed by atoms with E-state index in [9.17, 15) is 34.5 Å². The minimum atomic E-state index is -2.51. The van der Waals surface area contributed by atoms with Crippen molar-refractivity contribution in [1.82, 2.24) is 4.90 Å². The normalized spacial score (nSPS) is 36.3. The van der Waals surface area contributed by atoms with Crippen LogP contribution in [0, 0.1) is 29.6 Å². The summed E-state index contributed by atoms with van der Waals surface area (Å²) >= 11 is 0. The van der Waals surface area contributed by atoms with Crippen molar-refractivity contribution < 1.29 is 62.9 Å². The molecule has 4 aliphatic rings. The average molecular weight is 924 g/mol. The molecule has 0 radical (unpaired) electrons. The van der Waals surface area contributed by atoms with E-state index in [-0.39, 0.29) is 61.4 Å². The summed E-state index contributed by atoms with van der Waals surface area (Å²) in [6.07, 6.45) is 8.32. The molecule has 14 nitrogen and oxygen atoms in total. The van der Waals surface area contributed by atoms with Crippen molar-refractivity contribution in [2.45, 2.75) is 167 Å². The molecule has 0 aromatic heterocycles. The summed E-state index contributed by atoms with van der Waals surface area (Å²) in [7, 11) is 4.73. The van der Waals surface area contributed by atoms with Gasteiger partial charge in [-0.3, -0.25) is 14.4 Å². The average Bonchev–Trinajstić information content (AvgIpc) is 3.30. The molecule has 5 rings (SSSR count). The van der Waals surface area contributed by atoms with Crippen LogP contribution in [0.15, 0.2) is 53.6 Å². The Balaban J connectivity index is 1.44. The van der Waals surface area contributed by atoms with Gasteiger partial charge in [-0.2, -0.15) is 0 Å². The van der Waals surface area contributed by atoms with Gasteiger partial charge in [0.05, 0.1) is 37.1 Å². The third kappa shape index (κ3) is 13.3. The second kappa shape index (κ2) is 24.5. The number of phenols is 1. The topological polar surface area (TPSA) is 188 Å². The maximum absolute atomic E-state index is 14.5. The Kier molecular flexibility index (Phi) is 19.7. The summed E-state index contributed by atoms with van der Waals surface area (Å²) in [5, 5.41) is 33.7. The number of nitrogens with zero attached hydrogens (tertiary/aromatic N) is 1. The number of Topliss-reactive ketones (excluding diaryl/α,β-unsaturated/α-hetero) is 2. The van der Waals surface area contributed by atoms with E-state index in [1.54, 1.807) is 39.2 Å². The van der Waals surface area contributed by atoms with Crippen LogP contribution in [0.4, 0.5) is 0 Å². The molecule has 3 aliphatic heterocycles. The minimum absolute atomic E-state index is 0.00951. The number of piperidine rings is 1. The number of methoxy groups -OCH3 is 3. The zero-order valence-corrected chi connectivity index (χ0v) is 40.7. The quantitative estimate of drug-likeness (QED) is 0.125. The van der Waals surface area contributed by atoms with Crippen molar-refractivity contribution in [3.8, 4) is 5.75 Å². The van der Waals surface area contributed by atoms with E-state index in [1.165, 1.54) is 19.1 Å². The van der Waals surface area contributed by atoms with Crippen LogP contribution in [0.5, 0.6) is 5.75 Å². The Morgan fingerprint density at radius 2 is 1.64 bits per heavy atom. The van der Waals surface area contributed by atoms with Crippen molar-refractivity contribution >= 4 is 29.5 Å². The van der Waals surface area contributed by atoms with Crippen LogP contribution >= 0.6 is 0 Å². The van der Waals surface area contributed by atoms with Crippen molar-refractivity contribution in [3.63, 3.8) is 0 Å². The van der Waals surface area contributed by atoms with Crippen LogP contribution in [-0.4, -0.2) is 133 Å². The van der Waals surface area contributed by atoms with E-state index < -0.39 is 77.8 Å². The maximum Gasteiger partial charge on any atom is 0.329 e. The lowest BCUT2D eigenvalue weighted by molar-refractivity contribution is -0.302. The van der Waals surface area contributed by atoms with Gasteiger partial charge in [0.1, 0.15) is 29.8 Å². The highest BCUT2D eigenvalue weighted by atomic mass is 16.7. The highest BCUT2D eigenvalue weighted by molar-refractivity contribution is 6.39. The highest BCUT2D eigenvalue weighted by Gasteiger charge is 2.56. The van der Waals surface area contributed by atoms with Crippen LogP contribution in [0.1, 0.15) is 118 Å². The van der Waals surface area contributed by atoms with Crippen LogP contribution in [0.2, 0.25) is 0 Å². The largest absolute Gasteiger partial charge is 0.508 e. The van der Waals surface area contributed by atoms with Gasteiger partial charge in [0.25, 0.3) is 11.7 Å². The number of carbonyl (C=O) groups excluding carboxylic acids is 4. The zero-order valence-electron chi connectivity index (χ0n) is 40.7. The van der Waals surface area contributed by atoms with Gasteiger partial charge in [-0.25, -0.2) is 4.79 Å². The van der Waals surface area contributed by atoms with Crippen LogP contribution in [-0.2, 0) is 47.6 Å². The summed E-state index contributed by atoms with van der Waals surface area (Å²) < 4.78 is 36.6. The third-order valence-electron chi connectivity index (χ3n) is 14.5. The van der Waals surface area contributed by atoms with Crippen molar-refractivity contribution in [3.05, 3.63) is 59.2 Å². The number of aromatic hydroxyl groups is 1. The number of ketones is 2. The van der Waals surface area contributed by atoms with Gasteiger partial charge in [-0.1, -0.05) is 69.7 Å². The Morgan fingerprint density at radius 1 is 0.924 bits per heavy atom. The van der Waals surface area contributed by atoms with Gasteiger partial charge >= 0.3 is 5.97 Å². The van der Waals surface area contributed by atoms with E-state index >= 15 is 0 Å². The zero-order chi connectivity index (χ0) is 48.3. The monoisotopic (exact) mass is 924 g/mol. The minimum Gasteiger partial charge on any atom is -0.508 e. The lowest BCUT2D eigenvalue weighted by atomic mass is 9.81. The number of aliphatic hydroxyl groups is 2. The summed E-state index contributed by atoms with van der Waals surface area (Å²) in [5.41, 5.74) is 2.54. The van der Waals surface area contributed by atoms with Crippen LogP contribution in [0.3, 0.4) is 0 Å². The molecule has 0 spiro atoms. The van der Waals surface area contributed by atoms with Gasteiger partial charge in [0.15, 0.2) is 0 Å². The van der Waals surface area contributed by atoms with Crippen molar-refractivity contribution in [2.24, 2.45) is 29.6 Å². The molecule has 14 atom stereocenters. The van der Waals surface area contributed by atoms with E-state index in [1.807, 2.05) is 45.1 Å². The smallest absolute Gasteiger partial charge is 0.329 e. The molecule has 66 heavy (non-hydrogen) atoms. The number of phenolic OH excluding ortho intramolecular Hbond substituents is 1. The van der Waals surface area contributed by atoms with Crippen molar-refractivity contribution in [1.29, 1.82) is 0 Å². The SMILES string of the molecule is CCC1C=C(C)CC(C)CC(OC)C2OC(O)(C(=O)C(=O)N3CCCCC3C(=O)OC(C(C)=CC3CCC(OCC=Cc4cccc(O)c4)C(OC)C3)C(C)C(O)CC1=O)C(C)CC2OC. The molecule has 1 saturated carbocycles. The molecule has 1 amide bonds. The maximum atomic E-state index is 14.5. The molecule has 3 fully saturated rings. The fourth-order valence-corrected chi connectivity index (χ4v) is 10.6. The van der Waals surface area contributed by atoms with E-state index in [0.29, 0.717) is 57.1 Å². The molecule has 2 bridgehead atoms. The van der Waals surface area contributed by atoms with Gasteiger partial charge < -0.3 is 48.6 Å². The molecule has 2 saturated heterocycles. The van der Waals surface area contributed by atoms with E-state index in [4.69, 9.17) is 28.4 Å². The molecule has 1 aliphatic carbocycles. The molecular weight excluding hydrogens is 847 g/mol. The fraction of sp³-hybridized carbons (Fsp3) is 0.692. The summed E-state index contributed by atoms with van der Waals surface area (Å²) in [5.74, 6) is -7.36. The number of rotatable bonds is 10. The summed E-state index contributed by atoms with van der Waals surface area (Å²) in [6, 6.07) is 5.83. The number of fused-ring (bicyclic) bond motifs is 3. The predicted molar refractivity (Wildman–Crippen MR) is 249 cm³/mol. The second-order valence-electron chi connectivity index (χ2n) is 19.5. The van der Waals surface area contributed by atoms with Gasteiger partial charge in [0, 0.05) is 52.0 Å². The number of hydrogen-bond donors (Lipinski definition) is 3. The van der Waals surface area contributed by atoms with Crippen LogP contribution < -0.4 is 0 Å². The highest BCUT2D eigenvalue weighted by Crippen LogP contribution is 2.39. The Labute approximate surface area is 392 Å². The van der Waals surface area contributed by atoms with Gasteiger partial charge in [-0.15, -0.1) is 0 Å². The summed E-state index contributed by atoms with van der Waals surface area (Å²) in [6.45, 7) is 11.7. The number of carbonyl (C=O) groups is 4. The molecule has 1 aromatic rings. The molecular formula is C52H77NO13. The number of aliphatic hydroxyl groups excluding tert-OH is 1. The number of esters is 1. The molecule has 1 aromatic carbocycles. The van der Waals surface area contributed by atoms with E-state index in [2.05, 4.69) is 13.0 Å². The second-order valence-corrected chi connectivity index (χ2v) is 19.5. The number of amides is 1. The number of hydrogen-bond acceptors (Lipinski definition) is 13. The molecule has 3 heterocycles. The Hall–Kier alpha value is -3.76. The lowest BCUT2D eigenvalue weighted by Gasteiger charge is -2.47. The number of benzene rings is 1. The Morgan fingerprint density at radius 3 is 2.32 bits per heavy atom. The lowest BCUT2D eigenvalue weighted by Crippen LogP contribution is -2.64. The molecule has 368 valence electrons. The number of cyclic esters (lactones) is 1. The van der Waals surface area contributed by atoms with Crippen molar-refractivity contribution in [2.75, 3.05) is 34.5 Å². The number of ether oxygens (including phenoxy) is 6. The predicted octanol–water partition coefficient (Wildman–Crippen LogP) is 6.92. The Bertz CT molecular complexity index is 1900. The van der Waals surface area contributed by atoms with Gasteiger partial charge in [-0.05, 0) is 113 Å². The fourth-order valence-electron chi connectivity index (χ4n) is 10.6. The third-order valence-corrected chi connectivity index (χ3v) is 14.5. The molecule has 14 unspecified atom stereocenters. The first kappa shape index (κ1) is 53.2. The van der Waals surface area contributed by atoms with Crippen LogP contribution in [0.25, 0.3) is 6.08 Å². The summed E-state index contributed by atoms with van der Waals surface area (Å²) in [4.78, 5) is 58.4.